The van der Waals surface area contributed by atoms with Gasteiger partial charge in [0.15, 0.2) is 0 Å². The third kappa shape index (κ3) is 18.5. The fraction of sp³-hybridized carbons (Fsp3) is 0.522. The van der Waals surface area contributed by atoms with Gasteiger partial charge in [0.1, 0.15) is 0 Å². The molecule has 0 spiro atoms. The van der Waals surface area contributed by atoms with Gasteiger partial charge in [-0.15, -0.1) is 0 Å². The molecule has 0 aliphatic rings. The SMILES string of the molecule is CCC=CCC=CCC=CCC=CCC=CCCC[C@@H](O)CC(=O)OC. The van der Waals surface area contributed by atoms with Crippen LogP contribution in [0.4, 0.5) is 0 Å². The first-order valence-electron chi connectivity index (χ1n) is 9.70. The molecule has 0 aromatic carbocycles. The Morgan fingerprint density at radius 2 is 1.31 bits per heavy atom. The third-order valence-corrected chi connectivity index (χ3v) is 3.70. The second-order valence-electron chi connectivity index (χ2n) is 6.07. The van der Waals surface area contributed by atoms with E-state index in [0.29, 0.717) is 6.42 Å². The van der Waals surface area contributed by atoms with Crippen LogP contribution in [0.3, 0.4) is 0 Å². The van der Waals surface area contributed by atoms with Gasteiger partial charge in [-0.2, -0.15) is 0 Å². The molecule has 3 heteroatoms. The van der Waals surface area contributed by atoms with Gasteiger partial charge >= 0.3 is 5.97 Å². The predicted molar refractivity (Wildman–Crippen MR) is 111 cm³/mol. The normalized spacial score (nSPS) is 13.8. The number of unbranched alkanes of at least 4 members (excludes halogenated alkanes) is 1. The van der Waals surface area contributed by atoms with Gasteiger partial charge in [-0.05, 0) is 51.4 Å². The quantitative estimate of drug-likeness (QED) is 0.227. The summed E-state index contributed by atoms with van der Waals surface area (Å²) < 4.78 is 4.53. The summed E-state index contributed by atoms with van der Waals surface area (Å²) in [7, 11) is 1.34. The molecule has 26 heavy (non-hydrogen) atoms. The molecule has 0 unspecified atom stereocenters. The molecule has 0 aromatic rings. The Morgan fingerprint density at radius 1 is 0.846 bits per heavy atom. The number of rotatable bonds is 15. The van der Waals surface area contributed by atoms with E-state index in [1.54, 1.807) is 0 Å². The minimum atomic E-state index is -0.592. The van der Waals surface area contributed by atoms with Crippen LogP contribution in [-0.4, -0.2) is 24.3 Å². The zero-order valence-electron chi connectivity index (χ0n) is 16.5. The number of hydrogen-bond donors (Lipinski definition) is 1. The summed E-state index contributed by atoms with van der Waals surface area (Å²) in [6, 6.07) is 0. The van der Waals surface area contributed by atoms with E-state index < -0.39 is 6.10 Å². The van der Waals surface area contributed by atoms with Crippen LogP contribution in [0.25, 0.3) is 0 Å². The zero-order chi connectivity index (χ0) is 19.3. The highest BCUT2D eigenvalue weighted by molar-refractivity contribution is 5.69. The fourth-order valence-electron chi connectivity index (χ4n) is 2.22. The Bertz CT molecular complexity index is 470. The fourth-order valence-corrected chi connectivity index (χ4v) is 2.22. The van der Waals surface area contributed by atoms with E-state index in [-0.39, 0.29) is 12.4 Å². The van der Waals surface area contributed by atoms with Crippen LogP contribution in [0.1, 0.15) is 64.7 Å². The predicted octanol–water partition coefficient (Wildman–Crippen LogP) is 5.83. The Balaban J connectivity index is 3.54. The molecule has 0 saturated heterocycles. The summed E-state index contributed by atoms with van der Waals surface area (Å²) in [4.78, 5) is 11.0. The average Bonchev–Trinajstić information content (AvgIpc) is 2.64. The number of methoxy groups -OCH3 is 1. The summed E-state index contributed by atoms with van der Waals surface area (Å²) in [5.74, 6) is -0.354. The van der Waals surface area contributed by atoms with E-state index in [2.05, 4.69) is 72.4 Å². The zero-order valence-corrected chi connectivity index (χ0v) is 16.5. The van der Waals surface area contributed by atoms with Crippen molar-refractivity contribution in [2.45, 2.75) is 70.8 Å². The molecule has 3 nitrogen and oxygen atoms in total. The second-order valence-corrected chi connectivity index (χ2v) is 6.07. The molecule has 0 aliphatic heterocycles. The van der Waals surface area contributed by atoms with Crippen LogP contribution in [0.15, 0.2) is 60.8 Å². The molecular formula is C23H36O3. The number of hydrogen-bond acceptors (Lipinski definition) is 3. The van der Waals surface area contributed by atoms with E-state index in [1.807, 2.05) is 0 Å². The maximum absolute atomic E-state index is 11.0. The number of aliphatic hydroxyl groups excluding tert-OH is 1. The molecule has 146 valence electrons. The third-order valence-electron chi connectivity index (χ3n) is 3.70. The van der Waals surface area contributed by atoms with Gasteiger partial charge in [-0.1, -0.05) is 67.7 Å². The van der Waals surface area contributed by atoms with Crippen LogP contribution >= 0.6 is 0 Å². The van der Waals surface area contributed by atoms with Gasteiger partial charge in [-0.3, -0.25) is 4.79 Å². The number of aliphatic hydroxyl groups is 1. The highest BCUT2D eigenvalue weighted by Gasteiger charge is 2.09. The van der Waals surface area contributed by atoms with Crippen molar-refractivity contribution in [1.29, 1.82) is 0 Å². The maximum atomic E-state index is 11.0. The van der Waals surface area contributed by atoms with Crippen molar-refractivity contribution in [3.8, 4) is 0 Å². The van der Waals surface area contributed by atoms with Crippen molar-refractivity contribution in [1.82, 2.24) is 0 Å². The lowest BCUT2D eigenvalue weighted by Gasteiger charge is -2.07. The Kier molecular flexibility index (Phi) is 18.1. The van der Waals surface area contributed by atoms with Crippen LogP contribution in [0, 0.1) is 0 Å². The number of carbonyl (C=O) groups excluding carboxylic acids is 1. The van der Waals surface area contributed by atoms with Gasteiger partial charge in [0, 0.05) is 0 Å². The van der Waals surface area contributed by atoms with Crippen molar-refractivity contribution in [3.05, 3.63) is 60.8 Å². The van der Waals surface area contributed by atoms with E-state index in [0.717, 1.165) is 44.9 Å². The minimum Gasteiger partial charge on any atom is -0.469 e. The summed E-state index contributed by atoms with van der Waals surface area (Å²) in [5.41, 5.74) is 0. The Labute approximate surface area is 159 Å². The van der Waals surface area contributed by atoms with Crippen molar-refractivity contribution in [2.75, 3.05) is 7.11 Å². The van der Waals surface area contributed by atoms with Gasteiger partial charge < -0.3 is 9.84 Å². The van der Waals surface area contributed by atoms with Gasteiger partial charge in [0.05, 0.1) is 19.6 Å². The van der Waals surface area contributed by atoms with Gasteiger partial charge in [0.25, 0.3) is 0 Å². The topological polar surface area (TPSA) is 46.5 Å². The molecule has 0 bridgehead atoms. The average molecular weight is 361 g/mol. The largest absolute Gasteiger partial charge is 0.469 e. The number of esters is 1. The Morgan fingerprint density at radius 3 is 1.77 bits per heavy atom. The molecule has 1 atom stereocenters. The standard InChI is InChI=1S/C23H36O3/c1-3-4-5-6-7-8-9-10-11-12-13-14-15-16-17-18-19-20-22(24)21-23(25)26-2/h4-5,7-8,10-11,13-14,16-17,22,24H,3,6,9,12,15,18-21H2,1-2H3/t22-/m1/s1. The van der Waals surface area contributed by atoms with E-state index in [4.69, 9.17) is 0 Å². The molecule has 0 saturated carbocycles. The lowest BCUT2D eigenvalue weighted by molar-refractivity contribution is -0.142. The maximum Gasteiger partial charge on any atom is 0.308 e. The van der Waals surface area contributed by atoms with Crippen molar-refractivity contribution in [3.63, 3.8) is 0 Å². The van der Waals surface area contributed by atoms with Crippen LogP contribution in [-0.2, 0) is 9.53 Å². The lowest BCUT2D eigenvalue weighted by Crippen LogP contribution is -2.14. The van der Waals surface area contributed by atoms with Crippen LogP contribution in [0.5, 0.6) is 0 Å². The molecule has 0 fully saturated rings. The van der Waals surface area contributed by atoms with E-state index >= 15 is 0 Å². The summed E-state index contributed by atoms with van der Waals surface area (Å²) in [6.07, 6.45) is 28.7. The van der Waals surface area contributed by atoms with Crippen LogP contribution in [0.2, 0.25) is 0 Å². The molecule has 0 aliphatic carbocycles. The van der Waals surface area contributed by atoms with Crippen molar-refractivity contribution >= 4 is 5.97 Å². The van der Waals surface area contributed by atoms with Crippen molar-refractivity contribution < 1.29 is 14.6 Å². The minimum absolute atomic E-state index is 0.0855. The summed E-state index contributed by atoms with van der Waals surface area (Å²) in [5, 5.41) is 9.63. The summed E-state index contributed by atoms with van der Waals surface area (Å²) >= 11 is 0. The molecular weight excluding hydrogens is 324 g/mol. The van der Waals surface area contributed by atoms with Crippen LogP contribution < -0.4 is 0 Å². The number of carbonyl (C=O) groups is 1. The molecule has 0 heterocycles. The number of allylic oxidation sites excluding steroid dienone is 10. The van der Waals surface area contributed by atoms with E-state index in [1.165, 1.54) is 7.11 Å². The Hall–Kier alpha value is -1.87. The summed E-state index contributed by atoms with van der Waals surface area (Å²) in [6.45, 7) is 2.15. The highest BCUT2D eigenvalue weighted by atomic mass is 16.5. The smallest absolute Gasteiger partial charge is 0.308 e. The van der Waals surface area contributed by atoms with E-state index in [9.17, 15) is 9.90 Å². The number of ether oxygens (including phenoxy) is 1. The first kappa shape index (κ1) is 24.1. The molecule has 1 N–H and O–H groups in total. The monoisotopic (exact) mass is 360 g/mol. The lowest BCUT2D eigenvalue weighted by atomic mass is 10.1. The van der Waals surface area contributed by atoms with Gasteiger partial charge in [-0.25, -0.2) is 0 Å². The molecule has 0 amide bonds. The molecule has 0 aromatic heterocycles. The first-order valence-corrected chi connectivity index (χ1v) is 9.70. The molecule has 0 rings (SSSR count). The molecule has 0 radical (unpaired) electrons. The first-order chi connectivity index (χ1) is 12.7. The van der Waals surface area contributed by atoms with Gasteiger partial charge in [0.2, 0.25) is 0 Å². The van der Waals surface area contributed by atoms with Crippen molar-refractivity contribution in [2.24, 2.45) is 0 Å². The second kappa shape index (κ2) is 19.5. The highest BCUT2D eigenvalue weighted by Crippen LogP contribution is 2.06.